The van der Waals surface area contributed by atoms with Crippen molar-refractivity contribution in [2.24, 2.45) is 0 Å². The monoisotopic (exact) mass is 453 g/mol. The minimum atomic E-state index is -3.99. The number of fused-ring (bicyclic) bond motifs is 1. The van der Waals surface area contributed by atoms with E-state index in [9.17, 15) is 9.36 Å². The van der Waals surface area contributed by atoms with Crippen LogP contribution in [0.15, 0.2) is 66.7 Å². The molecule has 3 aromatic rings. The molecule has 0 aliphatic heterocycles. The van der Waals surface area contributed by atoms with Crippen LogP contribution in [0.5, 0.6) is 11.5 Å². The van der Waals surface area contributed by atoms with Gasteiger partial charge in [-0.25, -0.2) is 4.57 Å². The first kappa shape index (κ1) is 22.4. The van der Waals surface area contributed by atoms with Crippen molar-refractivity contribution < 1.29 is 23.1 Å². The number of esters is 1. The molecule has 1 unspecified atom stereocenters. The number of hydrogen-bond acceptors (Lipinski definition) is 5. The van der Waals surface area contributed by atoms with Gasteiger partial charge in [-0.15, -0.1) is 0 Å². The molecule has 32 heavy (non-hydrogen) atoms. The fourth-order valence-corrected chi connectivity index (χ4v) is 5.32. The van der Waals surface area contributed by atoms with Crippen molar-refractivity contribution in [2.45, 2.75) is 51.7 Å². The third kappa shape index (κ3) is 5.50. The minimum absolute atomic E-state index is 0.0804. The summed E-state index contributed by atoms with van der Waals surface area (Å²) in [6, 6.07) is 19.4. The Kier molecular flexibility index (Phi) is 6.83. The predicted molar refractivity (Wildman–Crippen MR) is 125 cm³/mol. The van der Waals surface area contributed by atoms with Gasteiger partial charge in [0.05, 0.1) is 0 Å². The van der Waals surface area contributed by atoms with Gasteiger partial charge in [0.25, 0.3) is 0 Å². The summed E-state index contributed by atoms with van der Waals surface area (Å²) in [5.74, 6) is 0.316. The van der Waals surface area contributed by atoms with Gasteiger partial charge in [-0.05, 0) is 63.1 Å². The van der Waals surface area contributed by atoms with E-state index in [4.69, 9.17) is 13.8 Å². The molecule has 2 atom stereocenters. The summed E-state index contributed by atoms with van der Waals surface area (Å²) < 4.78 is 31.2. The highest BCUT2D eigenvalue weighted by Crippen LogP contribution is 2.47. The van der Waals surface area contributed by atoms with Gasteiger partial charge in [-0.2, -0.15) is 5.09 Å². The van der Waals surface area contributed by atoms with Crippen LogP contribution in [0.4, 0.5) is 0 Å². The second-order valence-corrected chi connectivity index (χ2v) is 9.78. The van der Waals surface area contributed by atoms with Gasteiger partial charge in [-0.3, -0.25) is 4.79 Å². The number of benzene rings is 3. The molecule has 1 aliphatic carbocycles. The molecule has 0 heterocycles. The van der Waals surface area contributed by atoms with E-state index in [0.717, 1.165) is 42.0 Å². The van der Waals surface area contributed by atoms with Crippen molar-refractivity contribution in [3.63, 3.8) is 0 Å². The lowest BCUT2D eigenvalue weighted by molar-refractivity contribution is -0.150. The lowest BCUT2D eigenvalue weighted by Gasteiger charge is -2.24. The zero-order valence-electron chi connectivity index (χ0n) is 18.3. The van der Waals surface area contributed by atoms with E-state index in [-0.39, 0.29) is 6.10 Å². The average Bonchev–Trinajstić information content (AvgIpc) is 3.28. The van der Waals surface area contributed by atoms with Crippen LogP contribution in [0, 0.1) is 6.92 Å². The molecule has 0 amide bonds. The molecule has 1 fully saturated rings. The van der Waals surface area contributed by atoms with E-state index in [0.29, 0.717) is 11.5 Å². The Bertz CT molecular complexity index is 1120. The SMILES string of the molecule is Cc1ccc(OP(=O)(N[C@@H](C)C(=O)OC2CCCC2)Oc2cccc3ccccc23)cc1. The lowest BCUT2D eigenvalue weighted by Crippen LogP contribution is -2.37. The summed E-state index contributed by atoms with van der Waals surface area (Å²) in [6.07, 6.45) is 3.76. The normalized spacial score (nSPS) is 16.9. The van der Waals surface area contributed by atoms with Gasteiger partial charge in [0.15, 0.2) is 0 Å². The third-order valence-electron chi connectivity index (χ3n) is 5.51. The molecular formula is C25H28NO5P. The van der Waals surface area contributed by atoms with Crippen molar-refractivity contribution in [1.29, 1.82) is 0 Å². The maximum Gasteiger partial charge on any atom is 0.513 e. The summed E-state index contributed by atoms with van der Waals surface area (Å²) in [5, 5.41) is 4.52. The highest BCUT2D eigenvalue weighted by Gasteiger charge is 2.35. The zero-order chi connectivity index (χ0) is 22.6. The van der Waals surface area contributed by atoms with Gasteiger partial charge in [0.2, 0.25) is 0 Å². The number of aryl methyl sites for hydroxylation is 1. The summed E-state index contributed by atoms with van der Waals surface area (Å²) in [7, 11) is -3.99. The standard InChI is InChI=1S/C25H28NO5P/c1-18-14-16-22(17-15-18)30-32(28,26-19(2)25(27)29-21-10-4-5-11-21)31-24-13-7-9-20-8-3-6-12-23(20)24/h3,6-9,12-17,19,21H,4-5,10-11H2,1-2H3,(H,26,28)/t19-,32?/m0/s1. The summed E-state index contributed by atoms with van der Waals surface area (Å²) >= 11 is 0. The average molecular weight is 453 g/mol. The Hall–Kier alpha value is -2.82. The number of ether oxygens (including phenoxy) is 1. The molecule has 4 rings (SSSR count). The van der Waals surface area contributed by atoms with E-state index in [1.54, 1.807) is 25.1 Å². The molecule has 1 N–H and O–H groups in total. The predicted octanol–water partition coefficient (Wildman–Crippen LogP) is 6.18. The Labute approximate surface area is 188 Å². The molecule has 1 saturated carbocycles. The number of nitrogens with one attached hydrogen (secondary N) is 1. The summed E-state index contributed by atoms with van der Waals surface area (Å²) in [6.45, 7) is 3.56. The molecule has 6 nitrogen and oxygen atoms in total. The number of carbonyl (C=O) groups is 1. The van der Waals surface area contributed by atoms with Crippen LogP contribution in [0.3, 0.4) is 0 Å². The molecule has 0 saturated heterocycles. The lowest BCUT2D eigenvalue weighted by atomic mass is 10.1. The van der Waals surface area contributed by atoms with Crippen LogP contribution in [0.1, 0.15) is 38.2 Å². The number of hydrogen-bond donors (Lipinski definition) is 1. The maximum atomic E-state index is 13.9. The van der Waals surface area contributed by atoms with Crippen LogP contribution in [0.2, 0.25) is 0 Å². The van der Waals surface area contributed by atoms with E-state index in [1.165, 1.54) is 0 Å². The number of carbonyl (C=O) groups excluding carboxylic acids is 1. The Morgan fingerprint density at radius 3 is 2.41 bits per heavy atom. The first-order chi connectivity index (χ1) is 15.4. The fourth-order valence-electron chi connectivity index (χ4n) is 3.78. The largest absolute Gasteiger partial charge is 0.513 e. The molecule has 0 spiro atoms. The maximum absolute atomic E-state index is 13.9. The Morgan fingerprint density at radius 1 is 0.969 bits per heavy atom. The molecule has 3 aromatic carbocycles. The van der Waals surface area contributed by atoms with Gasteiger partial charge in [-0.1, -0.05) is 54.1 Å². The van der Waals surface area contributed by atoms with Gasteiger partial charge >= 0.3 is 13.7 Å². The molecule has 168 valence electrons. The zero-order valence-corrected chi connectivity index (χ0v) is 19.2. The molecular weight excluding hydrogens is 425 g/mol. The second kappa shape index (κ2) is 9.76. The third-order valence-corrected chi connectivity index (χ3v) is 7.10. The van der Waals surface area contributed by atoms with Crippen molar-refractivity contribution in [3.05, 3.63) is 72.3 Å². The highest BCUT2D eigenvalue weighted by molar-refractivity contribution is 7.52. The first-order valence-corrected chi connectivity index (χ1v) is 12.5. The van der Waals surface area contributed by atoms with E-state index in [1.807, 2.05) is 55.5 Å². The smallest absolute Gasteiger partial charge is 0.461 e. The Balaban J connectivity index is 1.59. The Morgan fingerprint density at radius 2 is 1.66 bits per heavy atom. The van der Waals surface area contributed by atoms with E-state index < -0.39 is 19.8 Å². The van der Waals surface area contributed by atoms with Gasteiger partial charge in [0.1, 0.15) is 23.6 Å². The summed E-state index contributed by atoms with van der Waals surface area (Å²) in [5.41, 5.74) is 1.05. The minimum Gasteiger partial charge on any atom is -0.461 e. The molecule has 7 heteroatoms. The molecule has 0 aromatic heterocycles. The van der Waals surface area contributed by atoms with Crippen molar-refractivity contribution in [1.82, 2.24) is 5.09 Å². The fraction of sp³-hybridized carbons (Fsp3) is 0.320. The van der Waals surface area contributed by atoms with Crippen molar-refractivity contribution in [2.75, 3.05) is 0 Å². The van der Waals surface area contributed by atoms with E-state index >= 15 is 0 Å². The summed E-state index contributed by atoms with van der Waals surface area (Å²) in [4.78, 5) is 12.6. The van der Waals surface area contributed by atoms with Crippen LogP contribution in [-0.4, -0.2) is 18.1 Å². The first-order valence-electron chi connectivity index (χ1n) is 10.9. The van der Waals surface area contributed by atoms with Crippen LogP contribution in [-0.2, 0) is 14.1 Å². The molecule has 0 bridgehead atoms. The number of rotatable bonds is 8. The van der Waals surface area contributed by atoms with Crippen molar-refractivity contribution >= 4 is 24.5 Å². The molecule has 0 radical (unpaired) electrons. The quantitative estimate of drug-likeness (QED) is 0.324. The van der Waals surface area contributed by atoms with Crippen LogP contribution >= 0.6 is 7.75 Å². The van der Waals surface area contributed by atoms with Crippen LogP contribution in [0.25, 0.3) is 10.8 Å². The van der Waals surface area contributed by atoms with E-state index in [2.05, 4.69) is 5.09 Å². The van der Waals surface area contributed by atoms with Crippen molar-refractivity contribution in [3.8, 4) is 11.5 Å². The highest BCUT2D eigenvalue weighted by atomic mass is 31.2. The molecule has 1 aliphatic rings. The second-order valence-electron chi connectivity index (χ2n) is 8.16. The van der Waals surface area contributed by atoms with Crippen LogP contribution < -0.4 is 14.1 Å². The van der Waals surface area contributed by atoms with Gasteiger partial charge < -0.3 is 13.8 Å². The van der Waals surface area contributed by atoms with Gasteiger partial charge in [0, 0.05) is 5.39 Å². The topological polar surface area (TPSA) is 73.9 Å².